The van der Waals surface area contributed by atoms with Crippen LogP contribution >= 0.6 is 0 Å². The quantitative estimate of drug-likeness (QED) is 0.278. The highest BCUT2D eigenvalue weighted by atomic mass is 19.1. The maximum absolute atomic E-state index is 14.0. The molecule has 0 saturated heterocycles. The van der Waals surface area contributed by atoms with E-state index in [1.807, 2.05) is 79.5 Å². The molecule has 2 N–H and O–H groups in total. The fourth-order valence-corrected chi connectivity index (χ4v) is 4.57. The van der Waals surface area contributed by atoms with Crippen LogP contribution in [0.25, 0.3) is 22.0 Å². The third kappa shape index (κ3) is 4.58. The number of halogens is 1. The summed E-state index contributed by atoms with van der Waals surface area (Å²) in [7, 11) is 1.96. The first-order valence-corrected chi connectivity index (χ1v) is 11.8. The Morgan fingerprint density at radius 2 is 1.86 bits per heavy atom. The summed E-state index contributed by atoms with van der Waals surface area (Å²) >= 11 is 0. The van der Waals surface area contributed by atoms with E-state index in [2.05, 4.69) is 15.3 Å². The number of carbonyl (C=O) groups is 1. The molecule has 5 nitrogen and oxygen atoms in total. The second-order valence-electron chi connectivity index (χ2n) is 8.97. The molecule has 1 amide bonds. The van der Waals surface area contributed by atoms with Crippen molar-refractivity contribution in [3.05, 3.63) is 108 Å². The van der Waals surface area contributed by atoms with Crippen molar-refractivity contribution < 1.29 is 9.18 Å². The van der Waals surface area contributed by atoms with Gasteiger partial charge in [-0.05, 0) is 79.1 Å². The molecule has 0 aliphatic rings. The van der Waals surface area contributed by atoms with E-state index in [9.17, 15) is 9.18 Å². The SMILES string of the molecule is Cc1cc(-c2cc(NC(=O)Cc3c(C)[nH]c4ccccc34)ccc2N(C)c2cccnc2)ccc1F. The minimum atomic E-state index is -0.250. The minimum Gasteiger partial charge on any atom is -0.358 e. The van der Waals surface area contributed by atoms with Crippen molar-refractivity contribution >= 4 is 33.9 Å². The molecular weight excluding hydrogens is 451 g/mol. The number of amides is 1. The molecule has 3 aromatic carbocycles. The predicted octanol–water partition coefficient (Wildman–Crippen LogP) is 6.93. The van der Waals surface area contributed by atoms with Gasteiger partial charge in [-0.1, -0.05) is 24.3 Å². The van der Waals surface area contributed by atoms with Gasteiger partial charge in [-0.2, -0.15) is 0 Å². The number of nitrogens with zero attached hydrogens (tertiary/aromatic N) is 2. The molecule has 5 aromatic rings. The van der Waals surface area contributed by atoms with Crippen molar-refractivity contribution in [2.75, 3.05) is 17.3 Å². The van der Waals surface area contributed by atoms with Crippen molar-refractivity contribution in [3.63, 3.8) is 0 Å². The summed E-state index contributed by atoms with van der Waals surface area (Å²) < 4.78 is 14.0. The molecule has 0 radical (unpaired) electrons. The summed E-state index contributed by atoms with van der Waals surface area (Å²) in [6.45, 7) is 3.74. The van der Waals surface area contributed by atoms with E-state index in [-0.39, 0.29) is 18.1 Å². The summed E-state index contributed by atoms with van der Waals surface area (Å²) in [6, 6.07) is 22.7. The molecule has 2 aromatic heterocycles. The van der Waals surface area contributed by atoms with E-state index in [1.165, 1.54) is 6.07 Å². The fraction of sp³-hybridized carbons (Fsp3) is 0.133. The predicted molar refractivity (Wildman–Crippen MR) is 144 cm³/mol. The Kier molecular flexibility index (Phi) is 6.25. The lowest BCUT2D eigenvalue weighted by molar-refractivity contribution is -0.115. The summed E-state index contributed by atoms with van der Waals surface area (Å²) in [4.78, 5) is 22.7. The first kappa shape index (κ1) is 23.3. The molecule has 0 fully saturated rings. The highest BCUT2D eigenvalue weighted by Crippen LogP contribution is 2.37. The normalized spacial score (nSPS) is 11.0. The van der Waals surface area contributed by atoms with Crippen LogP contribution in [0.15, 0.2) is 85.2 Å². The van der Waals surface area contributed by atoms with Crippen LogP contribution < -0.4 is 10.2 Å². The standard InChI is InChI=1S/C30H27FN4O/c1-19-15-21(10-12-27(19)31)26-16-22(11-13-29(26)35(3)23-7-6-14-32-18-23)34-30(36)17-25-20(2)33-28-9-5-4-8-24(25)28/h4-16,18,33H,17H2,1-3H3,(H,34,36). The Hall–Kier alpha value is -4.45. The van der Waals surface area contributed by atoms with E-state index >= 15 is 0 Å². The largest absolute Gasteiger partial charge is 0.358 e. The minimum absolute atomic E-state index is 0.0996. The van der Waals surface area contributed by atoms with Crippen LogP contribution in [0, 0.1) is 19.7 Å². The molecule has 0 aliphatic carbocycles. The molecule has 0 saturated carbocycles. The van der Waals surface area contributed by atoms with E-state index in [0.29, 0.717) is 11.3 Å². The molecule has 0 atom stereocenters. The lowest BCUT2D eigenvalue weighted by Crippen LogP contribution is -2.16. The lowest BCUT2D eigenvalue weighted by atomic mass is 9.99. The number of pyridine rings is 1. The van der Waals surface area contributed by atoms with Gasteiger partial charge in [0.05, 0.1) is 18.3 Å². The van der Waals surface area contributed by atoms with Gasteiger partial charge in [0.25, 0.3) is 0 Å². The first-order chi connectivity index (χ1) is 17.4. The van der Waals surface area contributed by atoms with E-state index in [4.69, 9.17) is 0 Å². The van der Waals surface area contributed by atoms with Gasteiger partial charge >= 0.3 is 0 Å². The molecule has 6 heteroatoms. The van der Waals surface area contributed by atoms with Gasteiger partial charge in [0.15, 0.2) is 0 Å². The number of rotatable bonds is 6. The van der Waals surface area contributed by atoms with Gasteiger partial charge in [0.1, 0.15) is 5.82 Å². The number of hydrogen-bond acceptors (Lipinski definition) is 3. The number of anilines is 3. The second kappa shape index (κ2) is 9.66. The second-order valence-corrected chi connectivity index (χ2v) is 8.97. The molecule has 36 heavy (non-hydrogen) atoms. The monoisotopic (exact) mass is 478 g/mol. The number of aryl methyl sites for hydroxylation is 2. The van der Waals surface area contributed by atoms with Crippen molar-refractivity contribution in [2.24, 2.45) is 0 Å². The zero-order valence-corrected chi connectivity index (χ0v) is 20.5. The van der Waals surface area contributed by atoms with E-state index in [0.717, 1.165) is 44.7 Å². The Balaban J connectivity index is 1.48. The van der Waals surface area contributed by atoms with Crippen LogP contribution in [0.3, 0.4) is 0 Å². The average molecular weight is 479 g/mol. The summed E-state index contributed by atoms with van der Waals surface area (Å²) in [5.41, 5.74) is 7.82. The molecule has 5 rings (SSSR count). The van der Waals surface area contributed by atoms with Crippen LogP contribution in [0.4, 0.5) is 21.5 Å². The molecular formula is C30H27FN4O. The number of H-pyrrole nitrogens is 1. The summed E-state index contributed by atoms with van der Waals surface area (Å²) in [6.07, 6.45) is 3.78. The summed E-state index contributed by atoms with van der Waals surface area (Å²) in [5, 5.41) is 4.11. The smallest absolute Gasteiger partial charge is 0.228 e. The zero-order valence-electron chi connectivity index (χ0n) is 20.5. The zero-order chi connectivity index (χ0) is 25.2. The molecule has 0 spiro atoms. The van der Waals surface area contributed by atoms with Crippen LogP contribution in [-0.2, 0) is 11.2 Å². The number of fused-ring (bicyclic) bond motifs is 1. The third-order valence-electron chi connectivity index (χ3n) is 6.51. The topological polar surface area (TPSA) is 61.0 Å². The van der Waals surface area contributed by atoms with Crippen molar-refractivity contribution in [1.82, 2.24) is 9.97 Å². The number of hydrogen-bond donors (Lipinski definition) is 2. The molecule has 2 heterocycles. The van der Waals surface area contributed by atoms with Crippen LogP contribution in [0.1, 0.15) is 16.8 Å². The number of carbonyl (C=O) groups excluding carboxylic acids is 1. The van der Waals surface area contributed by atoms with Gasteiger partial charge in [-0.25, -0.2) is 4.39 Å². The van der Waals surface area contributed by atoms with E-state index < -0.39 is 0 Å². The van der Waals surface area contributed by atoms with Crippen LogP contribution in [0.5, 0.6) is 0 Å². The maximum Gasteiger partial charge on any atom is 0.228 e. The maximum atomic E-state index is 14.0. The first-order valence-electron chi connectivity index (χ1n) is 11.8. The Labute approximate surface area is 209 Å². The Bertz CT molecular complexity index is 1560. The molecule has 0 bridgehead atoms. The van der Waals surface area contributed by atoms with Crippen molar-refractivity contribution in [3.8, 4) is 11.1 Å². The highest BCUT2D eigenvalue weighted by Gasteiger charge is 2.16. The van der Waals surface area contributed by atoms with Gasteiger partial charge < -0.3 is 15.2 Å². The van der Waals surface area contributed by atoms with Gasteiger partial charge in [-0.3, -0.25) is 9.78 Å². The lowest BCUT2D eigenvalue weighted by Gasteiger charge is -2.23. The van der Waals surface area contributed by atoms with Crippen molar-refractivity contribution in [1.29, 1.82) is 0 Å². The number of aromatic amines is 1. The molecule has 180 valence electrons. The van der Waals surface area contributed by atoms with Gasteiger partial charge in [0, 0.05) is 46.8 Å². The van der Waals surface area contributed by atoms with E-state index in [1.54, 1.807) is 25.4 Å². The third-order valence-corrected chi connectivity index (χ3v) is 6.51. The highest BCUT2D eigenvalue weighted by molar-refractivity contribution is 5.97. The Morgan fingerprint density at radius 1 is 1.03 bits per heavy atom. The number of nitrogens with one attached hydrogen (secondary N) is 2. The number of aromatic nitrogens is 2. The Morgan fingerprint density at radius 3 is 2.64 bits per heavy atom. The summed E-state index contributed by atoms with van der Waals surface area (Å²) in [5.74, 6) is -0.350. The van der Waals surface area contributed by atoms with Gasteiger partial charge in [0.2, 0.25) is 5.91 Å². The number of para-hydroxylation sites is 1. The molecule has 0 unspecified atom stereocenters. The van der Waals surface area contributed by atoms with Gasteiger partial charge in [-0.15, -0.1) is 0 Å². The van der Waals surface area contributed by atoms with Crippen LogP contribution in [-0.4, -0.2) is 22.9 Å². The average Bonchev–Trinajstić information content (AvgIpc) is 3.20. The number of benzene rings is 3. The fourth-order valence-electron chi connectivity index (χ4n) is 4.57. The van der Waals surface area contributed by atoms with Crippen molar-refractivity contribution in [2.45, 2.75) is 20.3 Å². The molecule has 0 aliphatic heterocycles. The van der Waals surface area contributed by atoms with Crippen LogP contribution in [0.2, 0.25) is 0 Å².